The minimum atomic E-state index is -0.281. The number of methoxy groups -OCH3 is 1. The second-order valence-corrected chi connectivity index (χ2v) is 4.53. The van der Waals surface area contributed by atoms with E-state index < -0.39 is 0 Å². The van der Waals surface area contributed by atoms with Crippen LogP contribution in [-0.2, 0) is 11.2 Å². The minimum absolute atomic E-state index is 0.141. The van der Waals surface area contributed by atoms with Crippen LogP contribution in [0, 0.1) is 12.8 Å². The highest BCUT2D eigenvalue weighted by Crippen LogP contribution is 2.21. The van der Waals surface area contributed by atoms with Crippen molar-refractivity contribution < 1.29 is 14.6 Å². The summed E-state index contributed by atoms with van der Waals surface area (Å²) >= 11 is 0. The standard InChI is InChI=1S/C13H19NO3/c1-9-5-12(16-2)7-11(14-9)6-10-8-17-4-3-13(10)15/h5,7,10,13,15H,3-4,6,8H2,1-2H3. The number of ether oxygens (including phenoxy) is 2. The van der Waals surface area contributed by atoms with Crippen molar-refractivity contribution in [3.63, 3.8) is 0 Å². The van der Waals surface area contributed by atoms with E-state index in [1.807, 2.05) is 19.1 Å². The third-order valence-electron chi connectivity index (χ3n) is 3.12. The van der Waals surface area contributed by atoms with Gasteiger partial charge in [-0.3, -0.25) is 4.98 Å². The van der Waals surface area contributed by atoms with E-state index in [-0.39, 0.29) is 12.0 Å². The van der Waals surface area contributed by atoms with Crippen molar-refractivity contribution in [3.8, 4) is 5.75 Å². The lowest BCUT2D eigenvalue weighted by Gasteiger charge is -2.27. The van der Waals surface area contributed by atoms with Crippen molar-refractivity contribution in [3.05, 3.63) is 23.5 Å². The monoisotopic (exact) mass is 237 g/mol. The van der Waals surface area contributed by atoms with Crippen LogP contribution in [0.25, 0.3) is 0 Å². The van der Waals surface area contributed by atoms with E-state index in [9.17, 15) is 5.11 Å². The third kappa shape index (κ3) is 3.17. The van der Waals surface area contributed by atoms with Crippen LogP contribution in [-0.4, -0.2) is 36.5 Å². The molecule has 0 radical (unpaired) electrons. The Morgan fingerprint density at radius 3 is 3.06 bits per heavy atom. The lowest BCUT2D eigenvalue weighted by molar-refractivity contribution is -0.0353. The van der Waals surface area contributed by atoms with Crippen LogP contribution in [0.15, 0.2) is 12.1 Å². The fraction of sp³-hybridized carbons (Fsp3) is 0.615. The molecule has 1 aromatic rings. The fourth-order valence-corrected chi connectivity index (χ4v) is 2.17. The highest BCUT2D eigenvalue weighted by Gasteiger charge is 2.24. The Morgan fingerprint density at radius 1 is 1.53 bits per heavy atom. The molecule has 4 heteroatoms. The van der Waals surface area contributed by atoms with Gasteiger partial charge in [0.15, 0.2) is 0 Å². The van der Waals surface area contributed by atoms with Crippen LogP contribution >= 0.6 is 0 Å². The van der Waals surface area contributed by atoms with Gasteiger partial charge in [0, 0.05) is 36.0 Å². The number of hydrogen-bond acceptors (Lipinski definition) is 4. The van der Waals surface area contributed by atoms with E-state index in [2.05, 4.69) is 4.98 Å². The predicted octanol–water partition coefficient (Wildman–Crippen LogP) is 1.34. The molecule has 4 nitrogen and oxygen atoms in total. The summed E-state index contributed by atoms with van der Waals surface area (Å²) in [5, 5.41) is 9.89. The highest BCUT2D eigenvalue weighted by molar-refractivity contribution is 5.27. The molecule has 1 fully saturated rings. The van der Waals surface area contributed by atoms with Crippen molar-refractivity contribution >= 4 is 0 Å². The van der Waals surface area contributed by atoms with Crippen LogP contribution in [0.3, 0.4) is 0 Å². The molecule has 1 N–H and O–H groups in total. The molecule has 2 unspecified atom stereocenters. The minimum Gasteiger partial charge on any atom is -0.497 e. The molecule has 0 bridgehead atoms. The number of rotatable bonds is 3. The Labute approximate surface area is 102 Å². The first-order chi connectivity index (χ1) is 8.19. The zero-order chi connectivity index (χ0) is 12.3. The summed E-state index contributed by atoms with van der Waals surface area (Å²) in [4.78, 5) is 4.46. The number of aryl methyl sites for hydroxylation is 1. The molecule has 2 atom stereocenters. The molecule has 0 amide bonds. The van der Waals surface area contributed by atoms with Gasteiger partial charge in [-0.2, -0.15) is 0 Å². The second kappa shape index (κ2) is 5.47. The van der Waals surface area contributed by atoms with Gasteiger partial charge in [0.1, 0.15) is 5.75 Å². The van der Waals surface area contributed by atoms with E-state index in [0.717, 1.165) is 23.6 Å². The number of hydrogen-bond donors (Lipinski definition) is 1. The molecule has 17 heavy (non-hydrogen) atoms. The van der Waals surface area contributed by atoms with Gasteiger partial charge < -0.3 is 14.6 Å². The molecular formula is C13H19NO3. The number of pyridine rings is 1. The summed E-state index contributed by atoms with van der Waals surface area (Å²) < 4.78 is 10.6. The number of nitrogens with zero attached hydrogens (tertiary/aromatic N) is 1. The highest BCUT2D eigenvalue weighted by atomic mass is 16.5. The zero-order valence-corrected chi connectivity index (χ0v) is 10.3. The van der Waals surface area contributed by atoms with Crippen LogP contribution in [0.5, 0.6) is 5.75 Å². The van der Waals surface area contributed by atoms with Crippen LogP contribution in [0.4, 0.5) is 0 Å². The van der Waals surface area contributed by atoms with Gasteiger partial charge in [0.25, 0.3) is 0 Å². The Morgan fingerprint density at radius 2 is 2.35 bits per heavy atom. The van der Waals surface area contributed by atoms with E-state index >= 15 is 0 Å². The summed E-state index contributed by atoms with van der Waals surface area (Å²) in [6, 6.07) is 3.83. The molecule has 0 aromatic carbocycles. The normalized spacial score (nSPS) is 24.6. The molecule has 2 rings (SSSR count). The number of aliphatic hydroxyl groups is 1. The summed E-state index contributed by atoms with van der Waals surface area (Å²) in [6.07, 6.45) is 1.17. The lowest BCUT2D eigenvalue weighted by atomic mass is 9.93. The summed E-state index contributed by atoms with van der Waals surface area (Å²) in [5.74, 6) is 0.960. The zero-order valence-electron chi connectivity index (χ0n) is 10.3. The van der Waals surface area contributed by atoms with E-state index in [1.54, 1.807) is 7.11 Å². The van der Waals surface area contributed by atoms with E-state index in [0.29, 0.717) is 19.6 Å². The molecule has 2 heterocycles. The fourth-order valence-electron chi connectivity index (χ4n) is 2.17. The first-order valence-corrected chi connectivity index (χ1v) is 5.96. The van der Waals surface area contributed by atoms with Gasteiger partial charge in [-0.15, -0.1) is 0 Å². The topological polar surface area (TPSA) is 51.6 Å². The molecule has 1 saturated heterocycles. The van der Waals surface area contributed by atoms with E-state index in [1.165, 1.54) is 0 Å². The number of aromatic nitrogens is 1. The largest absolute Gasteiger partial charge is 0.497 e. The summed E-state index contributed by atoms with van der Waals surface area (Å²) in [7, 11) is 1.65. The average molecular weight is 237 g/mol. The van der Waals surface area contributed by atoms with Crippen LogP contribution in [0.2, 0.25) is 0 Å². The van der Waals surface area contributed by atoms with Crippen molar-refractivity contribution in [2.75, 3.05) is 20.3 Å². The molecule has 1 aromatic heterocycles. The molecule has 0 spiro atoms. The van der Waals surface area contributed by atoms with Crippen molar-refractivity contribution in [1.29, 1.82) is 0 Å². The SMILES string of the molecule is COc1cc(C)nc(CC2COCCC2O)c1. The van der Waals surface area contributed by atoms with Crippen molar-refractivity contribution in [2.45, 2.75) is 25.9 Å². The Hall–Kier alpha value is -1.13. The van der Waals surface area contributed by atoms with E-state index in [4.69, 9.17) is 9.47 Å². The van der Waals surface area contributed by atoms with Gasteiger partial charge in [-0.05, 0) is 19.8 Å². The van der Waals surface area contributed by atoms with Gasteiger partial charge in [0.05, 0.1) is 19.8 Å². The Balaban J connectivity index is 2.09. The molecule has 0 saturated carbocycles. The number of aliphatic hydroxyl groups excluding tert-OH is 1. The third-order valence-corrected chi connectivity index (χ3v) is 3.12. The van der Waals surface area contributed by atoms with Crippen LogP contribution in [0.1, 0.15) is 17.8 Å². The van der Waals surface area contributed by atoms with Crippen molar-refractivity contribution in [1.82, 2.24) is 4.98 Å². The van der Waals surface area contributed by atoms with Gasteiger partial charge in [0.2, 0.25) is 0 Å². The lowest BCUT2D eigenvalue weighted by Crippen LogP contribution is -2.33. The molecule has 0 aliphatic carbocycles. The maximum absolute atomic E-state index is 9.89. The molecule has 94 valence electrons. The second-order valence-electron chi connectivity index (χ2n) is 4.53. The predicted molar refractivity (Wildman–Crippen MR) is 64.2 cm³/mol. The van der Waals surface area contributed by atoms with Gasteiger partial charge in [-0.1, -0.05) is 0 Å². The molecule has 1 aliphatic heterocycles. The van der Waals surface area contributed by atoms with Crippen LogP contribution < -0.4 is 4.74 Å². The first kappa shape index (κ1) is 12.3. The molecular weight excluding hydrogens is 218 g/mol. The quantitative estimate of drug-likeness (QED) is 0.862. The molecule has 1 aliphatic rings. The average Bonchev–Trinajstić information content (AvgIpc) is 2.31. The van der Waals surface area contributed by atoms with Crippen molar-refractivity contribution in [2.24, 2.45) is 5.92 Å². The summed E-state index contributed by atoms with van der Waals surface area (Å²) in [5.41, 5.74) is 1.89. The Kier molecular flexibility index (Phi) is 3.97. The Bertz CT molecular complexity index is 381. The first-order valence-electron chi connectivity index (χ1n) is 5.96. The smallest absolute Gasteiger partial charge is 0.122 e. The maximum atomic E-state index is 9.89. The summed E-state index contributed by atoms with van der Waals surface area (Å²) in [6.45, 7) is 3.21. The van der Waals surface area contributed by atoms with Gasteiger partial charge in [-0.25, -0.2) is 0 Å². The van der Waals surface area contributed by atoms with Gasteiger partial charge >= 0.3 is 0 Å². The maximum Gasteiger partial charge on any atom is 0.122 e.